The SMILES string of the molecule is O=C(O)COCC(=O)N=C1SC2CS(=O)(=O)CC2N1CCc1ccccc1. The third kappa shape index (κ3) is 5.30. The van der Waals surface area contributed by atoms with Crippen LogP contribution in [0.15, 0.2) is 35.3 Å². The van der Waals surface area contributed by atoms with E-state index in [0.29, 0.717) is 18.1 Å². The quantitative estimate of drug-likeness (QED) is 0.686. The molecule has 2 atom stereocenters. The summed E-state index contributed by atoms with van der Waals surface area (Å²) < 4.78 is 28.7. The first-order valence-corrected chi connectivity index (χ1v) is 11.1. The minimum Gasteiger partial charge on any atom is -0.480 e. The molecule has 3 rings (SSSR count). The van der Waals surface area contributed by atoms with Crippen LogP contribution < -0.4 is 0 Å². The summed E-state index contributed by atoms with van der Waals surface area (Å²) in [5.74, 6) is -1.60. The molecule has 0 spiro atoms. The van der Waals surface area contributed by atoms with Crippen LogP contribution in [0.1, 0.15) is 5.56 Å². The van der Waals surface area contributed by atoms with E-state index >= 15 is 0 Å². The smallest absolute Gasteiger partial charge is 0.329 e. The lowest BCUT2D eigenvalue weighted by atomic mass is 10.1. The van der Waals surface area contributed by atoms with E-state index in [1.165, 1.54) is 11.8 Å². The van der Waals surface area contributed by atoms with E-state index in [1.54, 1.807) is 0 Å². The fraction of sp³-hybridized carbons (Fsp3) is 0.471. The van der Waals surface area contributed by atoms with Crippen LogP contribution in [-0.4, -0.2) is 78.0 Å². The number of hydrogen-bond acceptors (Lipinski definition) is 6. The molecule has 0 bridgehead atoms. The number of thioether (sulfide) groups is 1. The third-order valence-electron chi connectivity index (χ3n) is 4.33. The minimum atomic E-state index is -3.09. The lowest BCUT2D eigenvalue weighted by molar-refractivity contribution is -0.143. The first-order chi connectivity index (χ1) is 12.8. The molecule has 0 saturated carbocycles. The number of benzene rings is 1. The molecule has 1 aromatic rings. The summed E-state index contributed by atoms with van der Waals surface area (Å²) in [4.78, 5) is 28.4. The summed E-state index contributed by atoms with van der Waals surface area (Å²) in [5.41, 5.74) is 1.11. The van der Waals surface area contributed by atoms with Crippen molar-refractivity contribution in [1.82, 2.24) is 4.90 Å². The van der Waals surface area contributed by atoms with Crippen LogP contribution in [-0.2, 0) is 30.6 Å². The Morgan fingerprint density at radius 2 is 1.96 bits per heavy atom. The summed E-state index contributed by atoms with van der Waals surface area (Å²) in [5, 5.41) is 8.89. The molecule has 2 heterocycles. The Labute approximate surface area is 161 Å². The molecule has 0 radical (unpaired) electrons. The van der Waals surface area contributed by atoms with Crippen LogP contribution in [0.5, 0.6) is 0 Å². The molecule has 1 N–H and O–H groups in total. The molecular weight excluding hydrogens is 392 g/mol. The average Bonchev–Trinajstić information content (AvgIpc) is 3.04. The van der Waals surface area contributed by atoms with Crippen molar-refractivity contribution in [3.63, 3.8) is 0 Å². The summed E-state index contributed by atoms with van der Waals surface area (Å²) in [6.45, 7) is -0.433. The highest BCUT2D eigenvalue weighted by Gasteiger charge is 2.48. The van der Waals surface area contributed by atoms with E-state index in [1.807, 2.05) is 35.2 Å². The Hall–Kier alpha value is -1.91. The van der Waals surface area contributed by atoms with Gasteiger partial charge in [-0.3, -0.25) is 4.79 Å². The molecule has 2 saturated heterocycles. The van der Waals surface area contributed by atoms with Gasteiger partial charge in [0.15, 0.2) is 15.0 Å². The van der Waals surface area contributed by atoms with Gasteiger partial charge in [0, 0.05) is 11.8 Å². The van der Waals surface area contributed by atoms with Crippen molar-refractivity contribution >= 4 is 38.6 Å². The van der Waals surface area contributed by atoms with Crippen molar-refractivity contribution in [2.24, 2.45) is 4.99 Å². The number of fused-ring (bicyclic) bond motifs is 1. The van der Waals surface area contributed by atoms with Crippen LogP contribution in [0.2, 0.25) is 0 Å². The number of amidine groups is 1. The van der Waals surface area contributed by atoms with Crippen LogP contribution in [0.3, 0.4) is 0 Å². The number of nitrogens with zero attached hydrogens (tertiary/aromatic N) is 2. The minimum absolute atomic E-state index is 0.0577. The van der Waals surface area contributed by atoms with Crippen molar-refractivity contribution in [3.05, 3.63) is 35.9 Å². The maximum absolute atomic E-state index is 12.0. The summed E-state index contributed by atoms with van der Waals surface area (Å²) in [7, 11) is -3.09. The summed E-state index contributed by atoms with van der Waals surface area (Å²) in [6, 6.07) is 9.60. The molecule has 146 valence electrons. The first-order valence-electron chi connectivity index (χ1n) is 8.43. The van der Waals surface area contributed by atoms with E-state index in [9.17, 15) is 18.0 Å². The van der Waals surface area contributed by atoms with Gasteiger partial charge in [-0.2, -0.15) is 4.99 Å². The molecular formula is C17H20N2O6S2. The lowest BCUT2D eigenvalue weighted by Gasteiger charge is -2.24. The molecule has 2 aliphatic heterocycles. The van der Waals surface area contributed by atoms with Gasteiger partial charge in [0.05, 0.1) is 17.5 Å². The molecule has 8 nitrogen and oxygen atoms in total. The number of amides is 1. The number of carboxylic acids is 1. The highest BCUT2D eigenvalue weighted by atomic mass is 32.2. The molecule has 27 heavy (non-hydrogen) atoms. The van der Waals surface area contributed by atoms with Crippen LogP contribution >= 0.6 is 11.8 Å². The van der Waals surface area contributed by atoms with Gasteiger partial charge in [0.2, 0.25) is 0 Å². The Balaban J connectivity index is 1.70. The molecule has 2 unspecified atom stereocenters. The van der Waals surface area contributed by atoms with Gasteiger partial charge in [-0.15, -0.1) is 0 Å². The Morgan fingerprint density at radius 3 is 2.67 bits per heavy atom. The standard InChI is InChI=1S/C17H20N2O6S2/c20-15(8-25-9-16(21)22)18-17-19(7-6-12-4-2-1-3-5-12)13-10-27(23,24)11-14(13)26-17/h1-5,13-14H,6-11H2,(H,21,22). The number of carbonyl (C=O) groups is 2. The molecule has 1 amide bonds. The van der Waals surface area contributed by atoms with E-state index in [-0.39, 0.29) is 22.8 Å². The second-order valence-corrected chi connectivity index (χ2v) is 9.76. The van der Waals surface area contributed by atoms with Crippen molar-refractivity contribution in [2.45, 2.75) is 17.7 Å². The Morgan fingerprint density at radius 1 is 1.22 bits per heavy atom. The second kappa shape index (κ2) is 8.41. The van der Waals surface area contributed by atoms with E-state index in [2.05, 4.69) is 4.99 Å². The van der Waals surface area contributed by atoms with Crippen molar-refractivity contribution in [1.29, 1.82) is 0 Å². The highest BCUT2D eigenvalue weighted by Crippen LogP contribution is 2.38. The lowest BCUT2D eigenvalue weighted by Crippen LogP contribution is -2.39. The number of sulfone groups is 1. The Kier molecular flexibility index (Phi) is 6.18. The van der Waals surface area contributed by atoms with Crippen molar-refractivity contribution in [2.75, 3.05) is 31.3 Å². The fourth-order valence-electron chi connectivity index (χ4n) is 3.16. The molecule has 2 aliphatic rings. The van der Waals surface area contributed by atoms with E-state index < -0.39 is 34.9 Å². The third-order valence-corrected chi connectivity index (χ3v) is 7.58. The van der Waals surface area contributed by atoms with Gasteiger partial charge in [-0.25, -0.2) is 13.2 Å². The maximum Gasteiger partial charge on any atom is 0.329 e. The number of carbonyl (C=O) groups excluding carboxylic acids is 1. The van der Waals surface area contributed by atoms with Gasteiger partial charge >= 0.3 is 5.97 Å². The maximum atomic E-state index is 12.0. The van der Waals surface area contributed by atoms with Crippen molar-refractivity contribution in [3.8, 4) is 0 Å². The normalized spacial score (nSPS) is 24.9. The largest absolute Gasteiger partial charge is 0.480 e. The molecule has 10 heteroatoms. The number of aliphatic imine (C=N–C) groups is 1. The van der Waals surface area contributed by atoms with Gasteiger partial charge in [-0.1, -0.05) is 42.1 Å². The van der Waals surface area contributed by atoms with Crippen LogP contribution in [0.4, 0.5) is 0 Å². The van der Waals surface area contributed by atoms with E-state index in [4.69, 9.17) is 9.84 Å². The number of ether oxygens (including phenoxy) is 1. The van der Waals surface area contributed by atoms with Crippen LogP contribution in [0.25, 0.3) is 0 Å². The molecule has 1 aromatic carbocycles. The molecule has 0 aromatic heterocycles. The van der Waals surface area contributed by atoms with Gasteiger partial charge in [0.25, 0.3) is 5.91 Å². The van der Waals surface area contributed by atoms with Gasteiger partial charge in [0.1, 0.15) is 13.2 Å². The number of rotatable bonds is 7. The predicted molar refractivity (Wildman–Crippen MR) is 102 cm³/mol. The monoisotopic (exact) mass is 412 g/mol. The predicted octanol–water partition coefficient (Wildman–Crippen LogP) is 0.427. The van der Waals surface area contributed by atoms with Gasteiger partial charge in [-0.05, 0) is 12.0 Å². The zero-order chi connectivity index (χ0) is 19.4. The van der Waals surface area contributed by atoms with Gasteiger partial charge < -0.3 is 14.7 Å². The molecule has 0 aliphatic carbocycles. The van der Waals surface area contributed by atoms with Crippen molar-refractivity contribution < 1.29 is 27.9 Å². The highest BCUT2D eigenvalue weighted by molar-refractivity contribution is 8.15. The second-order valence-electron chi connectivity index (χ2n) is 6.40. The number of aliphatic carboxylic acids is 1. The zero-order valence-corrected chi connectivity index (χ0v) is 16.1. The fourth-order valence-corrected chi connectivity index (χ4v) is 7.15. The summed E-state index contributed by atoms with van der Waals surface area (Å²) in [6.07, 6.45) is 0.702. The first kappa shape index (κ1) is 19.8. The Bertz CT molecular complexity index is 840. The van der Waals surface area contributed by atoms with Crippen LogP contribution in [0, 0.1) is 0 Å². The zero-order valence-electron chi connectivity index (χ0n) is 14.5. The number of hydrogen-bond donors (Lipinski definition) is 1. The number of carboxylic acid groups (broad SMARTS) is 1. The topological polar surface area (TPSA) is 113 Å². The molecule has 2 fully saturated rings. The summed E-state index contributed by atoms with van der Waals surface area (Å²) >= 11 is 1.30. The van der Waals surface area contributed by atoms with E-state index in [0.717, 1.165) is 5.56 Å². The average molecular weight is 412 g/mol.